The van der Waals surface area contributed by atoms with E-state index in [-0.39, 0.29) is 24.3 Å². The minimum atomic E-state index is -4.29. The van der Waals surface area contributed by atoms with E-state index in [9.17, 15) is 13.2 Å². The molecular formula is C19H23N5O6S. The van der Waals surface area contributed by atoms with Gasteiger partial charge in [-0.05, 0) is 19.4 Å². The van der Waals surface area contributed by atoms with Crippen molar-refractivity contribution in [3.8, 4) is 0 Å². The third-order valence-electron chi connectivity index (χ3n) is 4.26. The molecule has 166 valence electrons. The number of aromatic nitrogens is 1. The fourth-order valence-corrected chi connectivity index (χ4v) is 3.59. The molecule has 1 atom stereocenters. The van der Waals surface area contributed by atoms with Crippen LogP contribution >= 0.6 is 0 Å². The molecule has 1 aromatic heterocycles. The third-order valence-corrected chi connectivity index (χ3v) is 5.32. The molecule has 12 heteroatoms. The van der Waals surface area contributed by atoms with E-state index in [0.29, 0.717) is 16.4 Å². The fourth-order valence-electron chi connectivity index (χ4n) is 2.92. The van der Waals surface area contributed by atoms with Crippen molar-refractivity contribution < 1.29 is 27.3 Å². The lowest BCUT2D eigenvalue weighted by Crippen LogP contribution is -2.36. The number of aliphatic hydroxyl groups excluding tert-OH is 1. The molecule has 1 aliphatic heterocycles. The summed E-state index contributed by atoms with van der Waals surface area (Å²) < 4.78 is 33.7. The maximum absolute atomic E-state index is 12.3. The summed E-state index contributed by atoms with van der Waals surface area (Å²) in [4.78, 5) is 21.0. The monoisotopic (exact) mass is 449 g/mol. The van der Waals surface area contributed by atoms with E-state index < -0.39 is 28.6 Å². The zero-order valence-corrected chi connectivity index (χ0v) is 17.8. The van der Waals surface area contributed by atoms with Crippen molar-refractivity contribution in [1.29, 1.82) is 0 Å². The molecule has 0 bridgehead atoms. The number of hydrogen-bond donors (Lipinski definition) is 3. The summed E-state index contributed by atoms with van der Waals surface area (Å²) >= 11 is 0. The van der Waals surface area contributed by atoms with Crippen molar-refractivity contribution in [1.82, 2.24) is 4.98 Å². The van der Waals surface area contributed by atoms with E-state index in [4.69, 9.17) is 19.9 Å². The number of fused-ring (bicyclic) bond motifs is 1. The number of ether oxygens (including phenoxy) is 1. The molecule has 1 aliphatic rings. The first-order chi connectivity index (χ1) is 14.8. The molecule has 2 aromatic rings. The highest BCUT2D eigenvalue weighted by molar-refractivity contribution is 7.86. The number of carbonyl (C=O) groups excluding carboxylic acids is 1. The predicted octanol–water partition coefficient (Wildman–Crippen LogP) is 1.82. The van der Waals surface area contributed by atoms with Crippen molar-refractivity contribution in [2.24, 2.45) is 4.99 Å². The Kier molecular flexibility index (Phi) is 6.73. The van der Waals surface area contributed by atoms with E-state index in [2.05, 4.69) is 15.3 Å². The molecule has 0 saturated carbocycles. The van der Waals surface area contributed by atoms with E-state index in [1.54, 1.807) is 6.92 Å². The second-order valence-corrected chi connectivity index (χ2v) is 8.22. The van der Waals surface area contributed by atoms with Crippen molar-refractivity contribution in [2.45, 2.75) is 19.9 Å². The number of aliphatic hydroxyl groups is 1. The largest absolute Gasteiger partial charge is 0.448 e. The predicted molar refractivity (Wildman–Crippen MR) is 116 cm³/mol. The molecule has 0 spiro atoms. The molecule has 11 nitrogen and oxygen atoms in total. The van der Waals surface area contributed by atoms with Gasteiger partial charge in [0.2, 0.25) is 0 Å². The van der Waals surface area contributed by atoms with Crippen LogP contribution in [0.15, 0.2) is 41.4 Å². The van der Waals surface area contributed by atoms with E-state index in [1.807, 2.05) is 37.3 Å². The van der Waals surface area contributed by atoms with Crippen LogP contribution in [0.3, 0.4) is 0 Å². The number of hydrogen-bond acceptors (Lipinski definition) is 10. The number of aliphatic imine (C=N–C) groups is 1. The van der Waals surface area contributed by atoms with Crippen LogP contribution in [0.4, 0.5) is 27.8 Å². The minimum Gasteiger partial charge on any atom is -0.448 e. The molecule has 2 heterocycles. The Bertz CT molecular complexity index is 1090. The van der Waals surface area contributed by atoms with Crippen molar-refractivity contribution in [3.05, 3.63) is 42.0 Å². The summed E-state index contributed by atoms with van der Waals surface area (Å²) in [6.45, 7) is 2.74. The molecule has 0 aliphatic carbocycles. The van der Waals surface area contributed by atoms with Gasteiger partial charge in [0.25, 0.3) is 10.1 Å². The Morgan fingerprint density at radius 3 is 2.68 bits per heavy atom. The first kappa shape index (κ1) is 22.5. The van der Waals surface area contributed by atoms with Gasteiger partial charge in [-0.1, -0.05) is 30.3 Å². The lowest BCUT2D eigenvalue weighted by molar-refractivity contribution is 0.132. The van der Waals surface area contributed by atoms with Crippen LogP contribution in [0.5, 0.6) is 0 Å². The summed E-state index contributed by atoms with van der Waals surface area (Å²) in [5.41, 5.74) is 8.52. The van der Waals surface area contributed by atoms with Gasteiger partial charge in [0.15, 0.2) is 11.6 Å². The Labute approximate surface area is 179 Å². The second-order valence-electron chi connectivity index (χ2n) is 6.54. The molecule has 1 amide bonds. The standard InChI is InChI=1S/C19H23N5O6S/c1-3-29-19(26)24(30-31(27,28)10-9-25)15-11-14-17(18(20)22-15)23-16(12(2)21-14)13-7-5-4-6-8-13/h4-8,11-12,21,25H,3,9-10H2,1-2H3,(H2,20,22)/t12-/m0/s1. The maximum atomic E-state index is 12.3. The molecule has 0 saturated heterocycles. The fraction of sp³-hybridized carbons (Fsp3) is 0.316. The molecule has 0 unspecified atom stereocenters. The van der Waals surface area contributed by atoms with Crippen molar-refractivity contribution in [2.75, 3.05) is 35.1 Å². The summed E-state index contributed by atoms with van der Waals surface area (Å²) in [7, 11) is -4.29. The number of nitrogens with one attached hydrogen (secondary N) is 1. The normalized spacial score (nSPS) is 15.5. The topological polar surface area (TPSA) is 156 Å². The zero-order valence-electron chi connectivity index (χ0n) is 17.0. The SMILES string of the molecule is CCOC(=O)N(OS(=O)(=O)CCO)c1cc2c(c(N)n1)N=C(c1ccccc1)[C@H](C)N2. The zero-order chi connectivity index (χ0) is 22.6. The first-order valence-electron chi connectivity index (χ1n) is 9.46. The number of nitrogens with zero attached hydrogens (tertiary/aromatic N) is 3. The number of nitrogens with two attached hydrogens (primary N) is 1. The van der Waals surface area contributed by atoms with Gasteiger partial charge < -0.3 is 20.9 Å². The number of hydroxylamine groups is 1. The van der Waals surface area contributed by atoms with Crippen LogP contribution in [0.25, 0.3) is 0 Å². The Balaban J connectivity index is 2.03. The Hall–Kier alpha value is -3.22. The number of carbonyl (C=O) groups is 1. The van der Waals surface area contributed by atoms with Gasteiger partial charge in [-0.25, -0.2) is 14.8 Å². The number of amides is 1. The summed E-state index contributed by atoms with van der Waals surface area (Å²) in [6, 6.07) is 10.7. The van der Waals surface area contributed by atoms with Crippen LogP contribution in [0.1, 0.15) is 19.4 Å². The number of rotatable bonds is 7. The van der Waals surface area contributed by atoms with Crippen LogP contribution in [-0.2, 0) is 19.1 Å². The number of benzene rings is 1. The van der Waals surface area contributed by atoms with Gasteiger partial charge in [-0.2, -0.15) is 8.42 Å². The van der Waals surface area contributed by atoms with Gasteiger partial charge in [0.05, 0.1) is 30.7 Å². The average molecular weight is 449 g/mol. The lowest BCUT2D eigenvalue weighted by atomic mass is 10.0. The highest BCUT2D eigenvalue weighted by Crippen LogP contribution is 2.38. The quantitative estimate of drug-likeness (QED) is 0.536. The smallest absolute Gasteiger partial charge is 0.441 e. The third kappa shape index (κ3) is 5.10. The van der Waals surface area contributed by atoms with Crippen LogP contribution in [-0.4, -0.2) is 55.3 Å². The highest BCUT2D eigenvalue weighted by atomic mass is 32.2. The van der Waals surface area contributed by atoms with Crippen LogP contribution < -0.4 is 16.1 Å². The van der Waals surface area contributed by atoms with Gasteiger partial charge >= 0.3 is 6.09 Å². The van der Waals surface area contributed by atoms with Gasteiger partial charge in [0, 0.05) is 6.07 Å². The molecule has 31 heavy (non-hydrogen) atoms. The van der Waals surface area contributed by atoms with Gasteiger partial charge in [-0.3, -0.25) is 0 Å². The Morgan fingerprint density at radius 1 is 1.32 bits per heavy atom. The van der Waals surface area contributed by atoms with E-state index in [0.717, 1.165) is 11.3 Å². The number of anilines is 3. The average Bonchev–Trinajstić information content (AvgIpc) is 2.72. The van der Waals surface area contributed by atoms with Gasteiger partial charge in [-0.15, -0.1) is 9.35 Å². The van der Waals surface area contributed by atoms with E-state index >= 15 is 0 Å². The molecule has 3 rings (SSSR count). The summed E-state index contributed by atoms with van der Waals surface area (Å²) in [5.74, 6) is -0.976. The molecule has 0 radical (unpaired) electrons. The molecule has 0 fully saturated rings. The second kappa shape index (κ2) is 9.29. The molecular weight excluding hydrogens is 426 g/mol. The maximum Gasteiger partial charge on any atom is 0.441 e. The Morgan fingerprint density at radius 2 is 2.03 bits per heavy atom. The van der Waals surface area contributed by atoms with Crippen LogP contribution in [0.2, 0.25) is 0 Å². The molecule has 4 N–H and O–H groups in total. The number of pyridine rings is 1. The van der Waals surface area contributed by atoms with E-state index in [1.165, 1.54) is 6.07 Å². The lowest BCUT2D eigenvalue weighted by Gasteiger charge is -2.27. The van der Waals surface area contributed by atoms with Crippen LogP contribution in [0, 0.1) is 0 Å². The highest BCUT2D eigenvalue weighted by Gasteiger charge is 2.30. The van der Waals surface area contributed by atoms with Gasteiger partial charge in [0.1, 0.15) is 11.4 Å². The molecule has 1 aromatic carbocycles. The minimum absolute atomic E-state index is 0.0286. The summed E-state index contributed by atoms with van der Waals surface area (Å²) in [6.07, 6.45) is -1.10. The summed E-state index contributed by atoms with van der Waals surface area (Å²) in [5, 5.41) is 12.5. The number of nitrogen functional groups attached to an aromatic ring is 1. The first-order valence-corrected chi connectivity index (χ1v) is 11.0. The van der Waals surface area contributed by atoms with Crippen molar-refractivity contribution in [3.63, 3.8) is 0 Å². The van der Waals surface area contributed by atoms with Crippen molar-refractivity contribution >= 4 is 44.9 Å².